The standard InChI is InChI=1S/C10H13O4/c1-12-7-4-9(13-2)8(6-11)10(5-7)14-3/h4-5H,6H2,1-3H3. The highest BCUT2D eigenvalue weighted by atomic mass is 16.5. The SMILES string of the molecule is COc1cc(OC)c(C[O])c(OC)c1. The molecule has 0 atom stereocenters. The third-order valence-corrected chi connectivity index (χ3v) is 1.96. The maximum atomic E-state index is 10.9. The van der Waals surface area contributed by atoms with Crippen LogP contribution in [0.5, 0.6) is 17.2 Å². The first-order valence-electron chi connectivity index (χ1n) is 4.13. The van der Waals surface area contributed by atoms with Crippen molar-refractivity contribution in [3.8, 4) is 17.2 Å². The van der Waals surface area contributed by atoms with Gasteiger partial charge in [0.25, 0.3) is 0 Å². The van der Waals surface area contributed by atoms with E-state index in [2.05, 4.69) is 0 Å². The van der Waals surface area contributed by atoms with E-state index in [0.717, 1.165) is 0 Å². The van der Waals surface area contributed by atoms with E-state index in [9.17, 15) is 5.11 Å². The molecule has 0 N–H and O–H groups in total. The van der Waals surface area contributed by atoms with Gasteiger partial charge in [0.2, 0.25) is 0 Å². The Morgan fingerprint density at radius 3 is 1.79 bits per heavy atom. The third-order valence-electron chi connectivity index (χ3n) is 1.96. The molecule has 0 aliphatic carbocycles. The van der Waals surface area contributed by atoms with Crippen molar-refractivity contribution in [2.75, 3.05) is 21.3 Å². The highest BCUT2D eigenvalue weighted by Gasteiger charge is 2.12. The second kappa shape index (κ2) is 4.72. The van der Waals surface area contributed by atoms with E-state index in [0.29, 0.717) is 22.8 Å². The minimum absolute atomic E-state index is 0.379. The van der Waals surface area contributed by atoms with Crippen LogP contribution in [0.3, 0.4) is 0 Å². The third kappa shape index (κ3) is 1.90. The van der Waals surface area contributed by atoms with Crippen molar-refractivity contribution >= 4 is 0 Å². The van der Waals surface area contributed by atoms with E-state index in [1.54, 1.807) is 19.2 Å². The lowest BCUT2D eigenvalue weighted by molar-refractivity contribution is 0.170. The van der Waals surface area contributed by atoms with Gasteiger partial charge in [0.05, 0.1) is 26.9 Å². The number of methoxy groups -OCH3 is 3. The Hall–Kier alpha value is -1.42. The molecule has 0 aliphatic rings. The first-order chi connectivity index (χ1) is 6.76. The van der Waals surface area contributed by atoms with Crippen LogP contribution in [-0.4, -0.2) is 21.3 Å². The molecular formula is C10H13O4. The molecule has 1 radical (unpaired) electrons. The number of benzene rings is 1. The Balaban J connectivity index is 3.24. The van der Waals surface area contributed by atoms with E-state index in [1.807, 2.05) is 0 Å². The van der Waals surface area contributed by atoms with Gasteiger partial charge < -0.3 is 14.2 Å². The lowest BCUT2D eigenvalue weighted by Crippen LogP contribution is -1.97. The summed E-state index contributed by atoms with van der Waals surface area (Å²) in [6.07, 6.45) is 0. The van der Waals surface area contributed by atoms with Gasteiger partial charge in [0, 0.05) is 12.1 Å². The zero-order chi connectivity index (χ0) is 10.6. The van der Waals surface area contributed by atoms with Crippen molar-refractivity contribution in [2.45, 2.75) is 6.61 Å². The van der Waals surface area contributed by atoms with Crippen molar-refractivity contribution in [3.05, 3.63) is 17.7 Å². The van der Waals surface area contributed by atoms with E-state index in [4.69, 9.17) is 14.2 Å². The summed E-state index contributed by atoms with van der Waals surface area (Å²) in [5, 5.41) is 10.9. The van der Waals surface area contributed by atoms with E-state index < -0.39 is 0 Å². The van der Waals surface area contributed by atoms with Gasteiger partial charge in [-0.1, -0.05) is 0 Å². The number of hydrogen-bond acceptors (Lipinski definition) is 3. The molecule has 1 aromatic rings. The molecule has 4 heteroatoms. The summed E-state index contributed by atoms with van der Waals surface area (Å²) >= 11 is 0. The minimum Gasteiger partial charge on any atom is -0.496 e. The molecule has 0 amide bonds. The Morgan fingerprint density at radius 1 is 1.00 bits per heavy atom. The second-order valence-electron chi connectivity index (χ2n) is 2.65. The van der Waals surface area contributed by atoms with Crippen LogP contribution in [0.4, 0.5) is 0 Å². The highest BCUT2D eigenvalue weighted by Crippen LogP contribution is 2.33. The number of ether oxygens (including phenoxy) is 3. The van der Waals surface area contributed by atoms with Crippen LogP contribution in [-0.2, 0) is 11.7 Å². The molecule has 0 heterocycles. The quantitative estimate of drug-likeness (QED) is 0.737. The van der Waals surface area contributed by atoms with Crippen LogP contribution in [0.1, 0.15) is 5.56 Å². The van der Waals surface area contributed by atoms with Crippen molar-refractivity contribution < 1.29 is 19.3 Å². The predicted molar refractivity (Wildman–Crippen MR) is 50.5 cm³/mol. The fourth-order valence-electron chi connectivity index (χ4n) is 1.22. The Bertz CT molecular complexity index is 284. The molecule has 1 rings (SSSR count). The fraction of sp³-hybridized carbons (Fsp3) is 0.400. The van der Waals surface area contributed by atoms with Crippen LogP contribution >= 0.6 is 0 Å². The summed E-state index contributed by atoms with van der Waals surface area (Å²) in [7, 11) is 4.56. The second-order valence-corrected chi connectivity index (χ2v) is 2.65. The van der Waals surface area contributed by atoms with Gasteiger partial charge in [-0.05, 0) is 0 Å². The molecule has 1 aromatic carbocycles. The van der Waals surface area contributed by atoms with Gasteiger partial charge >= 0.3 is 0 Å². The van der Waals surface area contributed by atoms with Crippen LogP contribution in [0.15, 0.2) is 12.1 Å². The lowest BCUT2D eigenvalue weighted by Gasteiger charge is -2.12. The summed E-state index contributed by atoms with van der Waals surface area (Å²) < 4.78 is 15.2. The molecule has 0 saturated carbocycles. The molecule has 0 spiro atoms. The van der Waals surface area contributed by atoms with E-state index >= 15 is 0 Å². The average Bonchev–Trinajstić information content (AvgIpc) is 2.26. The largest absolute Gasteiger partial charge is 0.496 e. The predicted octanol–water partition coefficient (Wildman–Crippen LogP) is 1.64. The summed E-state index contributed by atoms with van der Waals surface area (Å²) in [5.41, 5.74) is 0.510. The molecule has 77 valence electrons. The molecule has 0 aromatic heterocycles. The van der Waals surface area contributed by atoms with Crippen molar-refractivity contribution in [1.29, 1.82) is 0 Å². The van der Waals surface area contributed by atoms with Gasteiger partial charge in [0.15, 0.2) is 0 Å². The van der Waals surface area contributed by atoms with Crippen molar-refractivity contribution in [2.24, 2.45) is 0 Å². The van der Waals surface area contributed by atoms with Crippen LogP contribution in [0, 0.1) is 0 Å². The Kier molecular flexibility index (Phi) is 3.59. The van der Waals surface area contributed by atoms with Gasteiger partial charge in [-0.15, -0.1) is 0 Å². The fourth-order valence-corrected chi connectivity index (χ4v) is 1.22. The van der Waals surface area contributed by atoms with Gasteiger partial charge in [-0.2, -0.15) is 0 Å². The summed E-state index contributed by atoms with van der Waals surface area (Å²) in [6.45, 7) is -0.379. The molecule has 0 saturated heterocycles. The molecule has 14 heavy (non-hydrogen) atoms. The number of rotatable bonds is 4. The molecule has 0 unspecified atom stereocenters. The first-order valence-corrected chi connectivity index (χ1v) is 4.13. The van der Waals surface area contributed by atoms with Gasteiger partial charge in [0.1, 0.15) is 23.9 Å². The first kappa shape index (κ1) is 10.7. The molecular weight excluding hydrogens is 184 g/mol. The highest BCUT2D eigenvalue weighted by molar-refractivity contribution is 5.50. The number of hydrogen-bond donors (Lipinski definition) is 0. The van der Waals surface area contributed by atoms with Crippen LogP contribution < -0.4 is 14.2 Å². The Morgan fingerprint density at radius 2 is 1.50 bits per heavy atom. The zero-order valence-corrected chi connectivity index (χ0v) is 8.49. The van der Waals surface area contributed by atoms with Crippen LogP contribution in [0.25, 0.3) is 0 Å². The summed E-state index contributed by atoms with van der Waals surface area (Å²) in [6, 6.07) is 3.32. The summed E-state index contributed by atoms with van der Waals surface area (Å²) in [4.78, 5) is 0. The van der Waals surface area contributed by atoms with Crippen molar-refractivity contribution in [1.82, 2.24) is 0 Å². The van der Waals surface area contributed by atoms with Crippen molar-refractivity contribution in [3.63, 3.8) is 0 Å². The maximum absolute atomic E-state index is 10.9. The molecule has 0 fully saturated rings. The normalized spacial score (nSPS) is 9.71. The van der Waals surface area contributed by atoms with Gasteiger partial charge in [-0.3, -0.25) is 0 Å². The zero-order valence-electron chi connectivity index (χ0n) is 8.49. The van der Waals surface area contributed by atoms with E-state index in [1.165, 1.54) is 14.2 Å². The smallest absolute Gasteiger partial charge is 0.131 e. The Labute approximate surface area is 83.0 Å². The topological polar surface area (TPSA) is 47.6 Å². The maximum Gasteiger partial charge on any atom is 0.131 e. The molecule has 0 bridgehead atoms. The minimum atomic E-state index is -0.379. The summed E-state index contributed by atoms with van der Waals surface area (Å²) in [5.74, 6) is 1.60. The van der Waals surface area contributed by atoms with Gasteiger partial charge in [-0.25, -0.2) is 5.11 Å². The van der Waals surface area contributed by atoms with Crippen LogP contribution in [0.2, 0.25) is 0 Å². The lowest BCUT2D eigenvalue weighted by atomic mass is 10.1. The van der Waals surface area contributed by atoms with E-state index in [-0.39, 0.29) is 6.61 Å². The monoisotopic (exact) mass is 197 g/mol. The average molecular weight is 197 g/mol. The molecule has 4 nitrogen and oxygen atoms in total. The molecule has 0 aliphatic heterocycles.